The minimum atomic E-state index is -0.107. The molecule has 2 heterocycles. The number of nitrogens with one attached hydrogen (secondary N) is 1. The fraction of sp³-hybridized carbons (Fsp3) is 0. The van der Waals surface area contributed by atoms with Crippen molar-refractivity contribution in [2.45, 2.75) is 0 Å². The highest BCUT2D eigenvalue weighted by atomic mass is 32.1. The first-order valence-corrected chi connectivity index (χ1v) is 7.38. The van der Waals surface area contributed by atoms with Crippen molar-refractivity contribution in [1.82, 2.24) is 4.98 Å². The SMILES string of the molecule is O=C(Nc1ncc(-c2ccccc2)s1)c1cccs1. The van der Waals surface area contributed by atoms with Gasteiger partial charge in [-0.05, 0) is 17.0 Å². The van der Waals surface area contributed by atoms with Crippen LogP contribution in [0.15, 0.2) is 54.0 Å². The Labute approximate surface area is 118 Å². The molecular formula is C14H10N2OS2. The van der Waals surface area contributed by atoms with Gasteiger partial charge in [0.25, 0.3) is 5.91 Å². The number of aromatic nitrogens is 1. The molecule has 2 aromatic heterocycles. The second-order valence-corrected chi connectivity index (χ2v) is 5.81. The fourth-order valence-electron chi connectivity index (χ4n) is 1.63. The molecule has 1 aromatic carbocycles. The maximum Gasteiger partial charge on any atom is 0.267 e. The molecule has 0 fully saturated rings. The highest BCUT2D eigenvalue weighted by molar-refractivity contribution is 7.19. The average molecular weight is 286 g/mol. The molecule has 3 rings (SSSR count). The lowest BCUT2D eigenvalue weighted by molar-refractivity contribution is 0.103. The number of nitrogens with zero attached hydrogens (tertiary/aromatic N) is 1. The minimum Gasteiger partial charge on any atom is -0.297 e. The second-order valence-electron chi connectivity index (χ2n) is 3.83. The first-order valence-electron chi connectivity index (χ1n) is 5.69. The van der Waals surface area contributed by atoms with Gasteiger partial charge in [-0.3, -0.25) is 10.1 Å². The van der Waals surface area contributed by atoms with Gasteiger partial charge in [-0.25, -0.2) is 4.98 Å². The first-order chi connectivity index (χ1) is 9.33. The van der Waals surface area contributed by atoms with Gasteiger partial charge in [0, 0.05) is 6.20 Å². The molecule has 94 valence electrons. The summed E-state index contributed by atoms with van der Waals surface area (Å²) in [5.74, 6) is -0.107. The molecule has 0 aliphatic rings. The molecule has 0 bridgehead atoms. The van der Waals surface area contributed by atoms with E-state index in [1.807, 2.05) is 41.8 Å². The Morgan fingerprint density at radius 3 is 2.68 bits per heavy atom. The maximum absolute atomic E-state index is 11.9. The largest absolute Gasteiger partial charge is 0.297 e. The van der Waals surface area contributed by atoms with Crippen LogP contribution < -0.4 is 5.32 Å². The van der Waals surface area contributed by atoms with E-state index in [-0.39, 0.29) is 5.91 Å². The van der Waals surface area contributed by atoms with E-state index in [9.17, 15) is 4.79 Å². The van der Waals surface area contributed by atoms with Crippen LogP contribution in [-0.2, 0) is 0 Å². The van der Waals surface area contributed by atoms with Gasteiger partial charge in [-0.2, -0.15) is 0 Å². The van der Waals surface area contributed by atoms with E-state index in [0.717, 1.165) is 10.4 Å². The Hall–Kier alpha value is -1.98. The Kier molecular flexibility index (Phi) is 3.39. The highest BCUT2D eigenvalue weighted by Crippen LogP contribution is 2.29. The summed E-state index contributed by atoms with van der Waals surface area (Å²) in [5, 5.41) is 5.32. The van der Waals surface area contributed by atoms with Gasteiger partial charge < -0.3 is 0 Å². The Bertz CT molecular complexity index is 675. The smallest absolute Gasteiger partial charge is 0.267 e. The van der Waals surface area contributed by atoms with Crippen molar-refractivity contribution in [2.24, 2.45) is 0 Å². The van der Waals surface area contributed by atoms with Gasteiger partial charge in [0.05, 0.1) is 9.75 Å². The van der Waals surface area contributed by atoms with Gasteiger partial charge in [-0.15, -0.1) is 11.3 Å². The van der Waals surface area contributed by atoms with Crippen molar-refractivity contribution in [2.75, 3.05) is 5.32 Å². The maximum atomic E-state index is 11.9. The lowest BCUT2D eigenvalue weighted by Gasteiger charge is -1.97. The quantitative estimate of drug-likeness (QED) is 0.786. The molecule has 3 aromatic rings. The van der Waals surface area contributed by atoms with E-state index in [2.05, 4.69) is 10.3 Å². The topological polar surface area (TPSA) is 42.0 Å². The van der Waals surface area contributed by atoms with Gasteiger partial charge in [0.2, 0.25) is 0 Å². The number of thiophene rings is 1. The number of amides is 1. The second kappa shape index (κ2) is 5.34. The third kappa shape index (κ3) is 2.72. The number of carbonyl (C=O) groups is 1. The molecular weight excluding hydrogens is 276 g/mol. The molecule has 0 atom stereocenters. The molecule has 0 aliphatic carbocycles. The van der Waals surface area contributed by atoms with Crippen molar-refractivity contribution in [3.05, 3.63) is 58.9 Å². The zero-order valence-corrected chi connectivity index (χ0v) is 11.5. The normalized spacial score (nSPS) is 10.3. The number of anilines is 1. The summed E-state index contributed by atoms with van der Waals surface area (Å²) in [6.45, 7) is 0. The molecule has 0 spiro atoms. The molecule has 3 nitrogen and oxygen atoms in total. The van der Waals surface area contributed by atoms with E-state index >= 15 is 0 Å². The van der Waals surface area contributed by atoms with Gasteiger partial charge in [0.1, 0.15) is 0 Å². The number of benzene rings is 1. The fourth-order valence-corrected chi connectivity index (χ4v) is 3.07. The Morgan fingerprint density at radius 2 is 1.95 bits per heavy atom. The van der Waals surface area contributed by atoms with Crippen LogP contribution in [0.5, 0.6) is 0 Å². The summed E-state index contributed by atoms with van der Waals surface area (Å²) >= 11 is 2.89. The van der Waals surface area contributed by atoms with Crippen molar-refractivity contribution < 1.29 is 4.79 Å². The molecule has 0 saturated carbocycles. The monoisotopic (exact) mass is 286 g/mol. The summed E-state index contributed by atoms with van der Waals surface area (Å²) in [6, 6.07) is 13.7. The van der Waals surface area contributed by atoms with Crippen LogP contribution in [0, 0.1) is 0 Å². The van der Waals surface area contributed by atoms with Gasteiger partial charge in [-0.1, -0.05) is 47.7 Å². The van der Waals surface area contributed by atoms with Crippen LogP contribution in [-0.4, -0.2) is 10.9 Å². The number of hydrogen-bond donors (Lipinski definition) is 1. The number of thiazole rings is 1. The third-order valence-electron chi connectivity index (χ3n) is 2.53. The van der Waals surface area contributed by atoms with Crippen LogP contribution in [0.2, 0.25) is 0 Å². The van der Waals surface area contributed by atoms with Crippen molar-refractivity contribution >= 4 is 33.7 Å². The molecule has 1 amide bonds. The lowest BCUT2D eigenvalue weighted by Crippen LogP contribution is -2.09. The van der Waals surface area contributed by atoms with Crippen LogP contribution in [0.3, 0.4) is 0 Å². The molecule has 0 unspecified atom stereocenters. The van der Waals surface area contributed by atoms with Crippen LogP contribution in [0.25, 0.3) is 10.4 Å². The van der Waals surface area contributed by atoms with Gasteiger partial charge >= 0.3 is 0 Å². The van der Waals surface area contributed by atoms with Crippen molar-refractivity contribution in [3.8, 4) is 10.4 Å². The van der Waals surface area contributed by atoms with E-state index in [1.165, 1.54) is 22.7 Å². The average Bonchev–Trinajstić information content (AvgIpc) is 3.11. The molecule has 19 heavy (non-hydrogen) atoms. The molecule has 0 radical (unpaired) electrons. The van der Waals surface area contributed by atoms with E-state index < -0.39 is 0 Å². The predicted molar refractivity (Wildman–Crippen MR) is 79.8 cm³/mol. The molecule has 5 heteroatoms. The number of rotatable bonds is 3. The van der Waals surface area contributed by atoms with E-state index in [4.69, 9.17) is 0 Å². The van der Waals surface area contributed by atoms with E-state index in [1.54, 1.807) is 12.3 Å². The Morgan fingerprint density at radius 1 is 1.11 bits per heavy atom. The predicted octanol–water partition coefficient (Wildman–Crippen LogP) is 4.12. The van der Waals surface area contributed by atoms with Crippen molar-refractivity contribution in [3.63, 3.8) is 0 Å². The number of hydrogen-bond acceptors (Lipinski definition) is 4. The number of carbonyl (C=O) groups excluding carboxylic acids is 1. The van der Waals surface area contributed by atoms with Crippen molar-refractivity contribution in [1.29, 1.82) is 0 Å². The van der Waals surface area contributed by atoms with E-state index in [0.29, 0.717) is 10.0 Å². The summed E-state index contributed by atoms with van der Waals surface area (Å²) < 4.78 is 0. The van der Waals surface area contributed by atoms with Gasteiger partial charge in [0.15, 0.2) is 5.13 Å². The zero-order chi connectivity index (χ0) is 13.1. The zero-order valence-electron chi connectivity index (χ0n) is 9.87. The highest BCUT2D eigenvalue weighted by Gasteiger charge is 2.10. The lowest BCUT2D eigenvalue weighted by atomic mass is 10.2. The third-order valence-corrected chi connectivity index (χ3v) is 4.36. The molecule has 1 N–H and O–H groups in total. The summed E-state index contributed by atoms with van der Waals surface area (Å²) in [5.41, 5.74) is 1.11. The summed E-state index contributed by atoms with van der Waals surface area (Å²) in [7, 11) is 0. The van der Waals surface area contributed by atoms with Crippen LogP contribution in [0.1, 0.15) is 9.67 Å². The first kappa shape index (κ1) is 12.1. The molecule has 0 saturated heterocycles. The van der Waals surface area contributed by atoms with Crippen LogP contribution >= 0.6 is 22.7 Å². The standard InChI is InChI=1S/C14H10N2OS2/c17-13(11-7-4-8-18-11)16-14-15-9-12(19-14)10-5-2-1-3-6-10/h1-9H,(H,15,16,17). The summed E-state index contributed by atoms with van der Waals surface area (Å²) in [4.78, 5) is 17.9. The Balaban J connectivity index is 1.77. The molecule has 0 aliphatic heterocycles. The minimum absolute atomic E-state index is 0.107. The van der Waals surface area contributed by atoms with Crippen LogP contribution in [0.4, 0.5) is 5.13 Å². The summed E-state index contributed by atoms with van der Waals surface area (Å²) in [6.07, 6.45) is 1.78.